The smallest absolute Gasteiger partial charge is 0.118 e. The van der Waals surface area contributed by atoms with Gasteiger partial charge < -0.3 is 4.74 Å². The quantitative estimate of drug-likeness (QED) is 0.826. The summed E-state index contributed by atoms with van der Waals surface area (Å²) in [5.41, 5.74) is 1.91. The van der Waals surface area contributed by atoms with E-state index in [1.807, 2.05) is 36.4 Å². The summed E-state index contributed by atoms with van der Waals surface area (Å²) in [5.74, 6) is 0.855. The molecule has 4 nitrogen and oxygen atoms in total. The Morgan fingerprint density at radius 3 is 2.60 bits per heavy atom. The molecule has 0 saturated carbocycles. The molecule has 4 heteroatoms. The molecule has 1 aromatic carbocycles. The molecular formula is C11H11N3O. The van der Waals surface area contributed by atoms with Crippen LogP contribution in [0.2, 0.25) is 0 Å². The fourth-order valence-corrected chi connectivity index (χ4v) is 1.19. The molecule has 15 heavy (non-hydrogen) atoms. The van der Waals surface area contributed by atoms with Gasteiger partial charge in [-0.25, -0.2) is 0 Å². The molecule has 0 aliphatic rings. The Bertz CT molecular complexity index is 431. The second-order valence-electron chi connectivity index (χ2n) is 3.00. The number of hydrogen-bond acceptors (Lipinski definition) is 3. The van der Waals surface area contributed by atoms with Crippen LogP contribution in [0.3, 0.4) is 0 Å². The van der Waals surface area contributed by atoms with Crippen molar-refractivity contribution in [2.75, 3.05) is 7.11 Å². The van der Waals surface area contributed by atoms with Crippen LogP contribution in [0, 0.1) is 0 Å². The lowest BCUT2D eigenvalue weighted by Gasteiger charge is -1.98. The van der Waals surface area contributed by atoms with Crippen molar-refractivity contribution in [3.8, 4) is 5.75 Å². The first kappa shape index (κ1) is 9.45. The number of rotatable bonds is 3. The molecule has 0 spiro atoms. The van der Waals surface area contributed by atoms with Gasteiger partial charge in [-0.05, 0) is 23.8 Å². The minimum absolute atomic E-state index is 0.811. The summed E-state index contributed by atoms with van der Waals surface area (Å²) in [5, 5.41) is 10.2. The zero-order valence-electron chi connectivity index (χ0n) is 8.34. The maximum absolute atomic E-state index is 5.07. The fraction of sp³-hybridized carbons (Fsp3) is 0.0909. The standard InChI is InChI=1S/C11H11N3O/c1-15-11-6-3-9(4-7-11)2-5-10-8-12-14-13-10/h2-8H,1H3,(H,12,13,14)/b5-2+. The normalized spacial score (nSPS) is 10.7. The van der Waals surface area contributed by atoms with Crippen molar-refractivity contribution in [2.45, 2.75) is 0 Å². The number of nitrogens with one attached hydrogen (secondary N) is 1. The summed E-state index contributed by atoms with van der Waals surface area (Å²) in [7, 11) is 1.65. The predicted octanol–water partition coefficient (Wildman–Crippen LogP) is 1.98. The molecule has 0 unspecified atom stereocenters. The number of nitrogens with zero attached hydrogens (tertiary/aromatic N) is 2. The van der Waals surface area contributed by atoms with Gasteiger partial charge in [0.2, 0.25) is 0 Å². The second-order valence-corrected chi connectivity index (χ2v) is 3.00. The van der Waals surface area contributed by atoms with Crippen LogP contribution < -0.4 is 4.74 Å². The number of aromatic amines is 1. The fourth-order valence-electron chi connectivity index (χ4n) is 1.19. The third-order valence-corrected chi connectivity index (χ3v) is 2.00. The highest BCUT2D eigenvalue weighted by Gasteiger charge is 1.91. The van der Waals surface area contributed by atoms with Crippen molar-refractivity contribution in [3.05, 3.63) is 41.7 Å². The Labute approximate surface area is 87.6 Å². The van der Waals surface area contributed by atoms with Gasteiger partial charge in [0.1, 0.15) is 11.4 Å². The van der Waals surface area contributed by atoms with Gasteiger partial charge in [-0.2, -0.15) is 15.4 Å². The predicted molar refractivity (Wildman–Crippen MR) is 58.3 cm³/mol. The van der Waals surface area contributed by atoms with Gasteiger partial charge in [0, 0.05) is 0 Å². The third kappa shape index (κ3) is 2.43. The molecule has 1 heterocycles. The molecule has 1 aromatic heterocycles. The molecule has 0 saturated heterocycles. The van der Waals surface area contributed by atoms with E-state index in [1.165, 1.54) is 0 Å². The summed E-state index contributed by atoms with van der Waals surface area (Å²) < 4.78 is 5.07. The number of aromatic nitrogens is 3. The zero-order valence-corrected chi connectivity index (χ0v) is 8.34. The maximum Gasteiger partial charge on any atom is 0.118 e. The first-order valence-corrected chi connectivity index (χ1v) is 4.56. The molecule has 0 amide bonds. The Kier molecular flexibility index (Phi) is 2.78. The minimum atomic E-state index is 0.811. The molecule has 0 fully saturated rings. The van der Waals surface area contributed by atoms with E-state index >= 15 is 0 Å². The molecule has 0 aliphatic heterocycles. The molecule has 0 atom stereocenters. The van der Waals surface area contributed by atoms with Crippen LogP contribution in [0.4, 0.5) is 0 Å². The van der Waals surface area contributed by atoms with Crippen molar-refractivity contribution in [1.29, 1.82) is 0 Å². The molecular weight excluding hydrogens is 190 g/mol. The Morgan fingerprint density at radius 1 is 1.20 bits per heavy atom. The van der Waals surface area contributed by atoms with Crippen LogP contribution in [-0.4, -0.2) is 22.5 Å². The van der Waals surface area contributed by atoms with Gasteiger partial charge in [0.05, 0.1) is 13.3 Å². The Balaban J connectivity index is 2.11. The lowest BCUT2D eigenvalue weighted by molar-refractivity contribution is 0.415. The Morgan fingerprint density at radius 2 is 2.00 bits per heavy atom. The van der Waals surface area contributed by atoms with Crippen molar-refractivity contribution in [3.63, 3.8) is 0 Å². The molecule has 2 rings (SSSR count). The van der Waals surface area contributed by atoms with Crippen molar-refractivity contribution >= 4 is 12.2 Å². The van der Waals surface area contributed by atoms with E-state index in [-0.39, 0.29) is 0 Å². The lowest BCUT2D eigenvalue weighted by Crippen LogP contribution is -1.81. The number of hydrogen-bond donors (Lipinski definition) is 1. The van der Waals surface area contributed by atoms with Gasteiger partial charge in [0.15, 0.2) is 0 Å². The van der Waals surface area contributed by atoms with Crippen molar-refractivity contribution in [2.24, 2.45) is 0 Å². The lowest BCUT2D eigenvalue weighted by atomic mass is 10.2. The van der Waals surface area contributed by atoms with Crippen LogP contribution in [-0.2, 0) is 0 Å². The molecule has 0 bridgehead atoms. The molecule has 1 N–H and O–H groups in total. The van der Waals surface area contributed by atoms with E-state index < -0.39 is 0 Å². The minimum Gasteiger partial charge on any atom is -0.497 e. The van der Waals surface area contributed by atoms with Gasteiger partial charge in [-0.15, -0.1) is 0 Å². The maximum atomic E-state index is 5.07. The van der Waals surface area contributed by atoms with E-state index in [2.05, 4.69) is 15.4 Å². The number of benzene rings is 1. The van der Waals surface area contributed by atoms with Gasteiger partial charge in [-0.1, -0.05) is 18.2 Å². The van der Waals surface area contributed by atoms with Crippen LogP contribution in [0.25, 0.3) is 12.2 Å². The van der Waals surface area contributed by atoms with Crippen molar-refractivity contribution in [1.82, 2.24) is 15.4 Å². The molecule has 76 valence electrons. The molecule has 2 aromatic rings. The van der Waals surface area contributed by atoms with Crippen molar-refractivity contribution < 1.29 is 4.74 Å². The van der Waals surface area contributed by atoms with Crippen LogP contribution >= 0.6 is 0 Å². The van der Waals surface area contributed by atoms with E-state index in [0.717, 1.165) is 17.0 Å². The average molecular weight is 201 g/mol. The van der Waals surface area contributed by atoms with Gasteiger partial charge >= 0.3 is 0 Å². The summed E-state index contributed by atoms with van der Waals surface area (Å²) in [4.78, 5) is 0. The summed E-state index contributed by atoms with van der Waals surface area (Å²) in [6, 6.07) is 7.80. The number of H-pyrrole nitrogens is 1. The Hall–Kier alpha value is -2.10. The highest BCUT2D eigenvalue weighted by molar-refractivity contribution is 5.67. The second kappa shape index (κ2) is 4.41. The van der Waals surface area contributed by atoms with E-state index in [1.54, 1.807) is 13.3 Å². The average Bonchev–Trinajstić information content (AvgIpc) is 2.80. The first-order chi connectivity index (χ1) is 7.38. The topological polar surface area (TPSA) is 50.8 Å². The summed E-state index contributed by atoms with van der Waals surface area (Å²) >= 11 is 0. The van der Waals surface area contributed by atoms with Gasteiger partial charge in [0.25, 0.3) is 0 Å². The van der Waals surface area contributed by atoms with E-state index in [0.29, 0.717) is 0 Å². The highest BCUT2D eigenvalue weighted by atomic mass is 16.5. The summed E-state index contributed by atoms with van der Waals surface area (Å²) in [6.45, 7) is 0. The first-order valence-electron chi connectivity index (χ1n) is 4.56. The summed E-state index contributed by atoms with van der Waals surface area (Å²) in [6.07, 6.45) is 5.53. The SMILES string of the molecule is COc1ccc(/C=C/c2cn[nH]n2)cc1. The van der Waals surface area contributed by atoms with Crippen LogP contribution in [0.1, 0.15) is 11.3 Å². The van der Waals surface area contributed by atoms with E-state index in [9.17, 15) is 0 Å². The monoisotopic (exact) mass is 201 g/mol. The highest BCUT2D eigenvalue weighted by Crippen LogP contribution is 2.13. The third-order valence-electron chi connectivity index (χ3n) is 2.00. The number of methoxy groups -OCH3 is 1. The van der Waals surface area contributed by atoms with E-state index in [4.69, 9.17) is 4.74 Å². The van der Waals surface area contributed by atoms with Gasteiger partial charge in [-0.3, -0.25) is 0 Å². The molecule has 0 aliphatic carbocycles. The largest absolute Gasteiger partial charge is 0.497 e. The van der Waals surface area contributed by atoms with Crippen LogP contribution in [0.15, 0.2) is 30.5 Å². The molecule has 0 radical (unpaired) electrons. The number of ether oxygens (including phenoxy) is 1. The zero-order chi connectivity index (χ0) is 10.5. The van der Waals surface area contributed by atoms with Crippen LogP contribution in [0.5, 0.6) is 5.75 Å².